The van der Waals surface area contributed by atoms with E-state index in [-0.39, 0.29) is 39.6 Å². The van der Waals surface area contributed by atoms with Crippen LogP contribution in [0, 0.1) is 15.9 Å². The fourth-order valence-electron chi connectivity index (χ4n) is 3.97. The van der Waals surface area contributed by atoms with E-state index >= 15 is 0 Å². The van der Waals surface area contributed by atoms with Crippen LogP contribution in [0.4, 0.5) is 27.1 Å². The Morgan fingerprint density at radius 1 is 1.15 bits per heavy atom. The lowest BCUT2D eigenvalue weighted by atomic mass is 10.0. The molecule has 0 radical (unpaired) electrons. The number of nitrogen functional groups attached to an aromatic ring is 1. The number of carbonyl (C=O) groups excluding carboxylic acids is 1. The van der Waals surface area contributed by atoms with Crippen LogP contribution in [0.15, 0.2) is 53.2 Å². The molecular weight excluding hydrogens is 445 g/mol. The van der Waals surface area contributed by atoms with Crippen LogP contribution in [-0.2, 0) is 0 Å². The van der Waals surface area contributed by atoms with Gasteiger partial charge in [0.1, 0.15) is 11.6 Å². The van der Waals surface area contributed by atoms with Gasteiger partial charge in [0.2, 0.25) is 5.52 Å². The van der Waals surface area contributed by atoms with Crippen molar-refractivity contribution in [2.45, 2.75) is 18.8 Å². The predicted octanol–water partition coefficient (Wildman–Crippen LogP) is 4.72. The minimum atomic E-state index is -0.612. The Balaban J connectivity index is 1.77. The van der Waals surface area contributed by atoms with Gasteiger partial charge in [0.05, 0.1) is 29.0 Å². The second kappa shape index (κ2) is 8.10. The van der Waals surface area contributed by atoms with Crippen LogP contribution >= 0.6 is 0 Å². The van der Waals surface area contributed by atoms with Crippen LogP contribution < -0.4 is 15.4 Å². The van der Waals surface area contributed by atoms with Gasteiger partial charge in [-0.2, -0.15) is 0 Å². The van der Waals surface area contributed by atoms with Gasteiger partial charge in [-0.1, -0.05) is 0 Å². The first-order valence-electron chi connectivity index (χ1n) is 10.4. The number of ether oxygens (including phenoxy) is 1. The molecular formula is C23H18FN5O5. The fraction of sp³-hybridized carbons (Fsp3) is 0.174. The summed E-state index contributed by atoms with van der Waals surface area (Å²) < 4.78 is 24.4. The summed E-state index contributed by atoms with van der Waals surface area (Å²) in [5.41, 5.74) is 7.29. The van der Waals surface area contributed by atoms with E-state index < -0.39 is 16.6 Å². The Hall–Kier alpha value is -4.54. The molecule has 1 amide bonds. The van der Waals surface area contributed by atoms with E-state index in [1.165, 1.54) is 54.5 Å². The molecule has 0 atom stereocenters. The third-order valence-corrected chi connectivity index (χ3v) is 5.72. The summed E-state index contributed by atoms with van der Waals surface area (Å²) in [7, 11) is 1.41. The van der Waals surface area contributed by atoms with Crippen molar-refractivity contribution >= 4 is 39.7 Å². The molecule has 11 heteroatoms. The molecule has 10 nitrogen and oxygen atoms in total. The lowest BCUT2D eigenvalue weighted by Gasteiger charge is -2.26. The first-order valence-corrected chi connectivity index (χ1v) is 10.4. The maximum absolute atomic E-state index is 14.2. The highest BCUT2D eigenvalue weighted by Crippen LogP contribution is 2.47. The van der Waals surface area contributed by atoms with Gasteiger partial charge in [-0.3, -0.25) is 19.8 Å². The Bertz CT molecular complexity index is 1450. The Morgan fingerprint density at radius 3 is 2.59 bits per heavy atom. The average molecular weight is 463 g/mol. The molecule has 1 aliphatic carbocycles. The number of rotatable bonds is 6. The topological polar surface area (TPSA) is 138 Å². The quantitative estimate of drug-likeness (QED) is 0.246. The molecule has 5 rings (SSSR count). The molecule has 1 fully saturated rings. The fourth-order valence-corrected chi connectivity index (χ4v) is 3.97. The van der Waals surface area contributed by atoms with Crippen molar-refractivity contribution in [3.8, 4) is 5.75 Å². The molecule has 172 valence electrons. The van der Waals surface area contributed by atoms with Crippen molar-refractivity contribution in [2.24, 2.45) is 0 Å². The smallest absolute Gasteiger partial charge is 0.300 e. The SMILES string of the molecule is COc1cc(N)ccc1C(=O)N(c1ccc(F)cc1C1CC1)c1ccc([N+](=O)[O-])c2nonc12. The molecule has 0 bridgehead atoms. The number of benzene rings is 3. The van der Waals surface area contributed by atoms with E-state index in [2.05, 4.69) is 10.3 Å². The van der Waals surface area contributed by atoms with Crippen molar-refractivity contribution in [2.75, 3.05) is 17.7 Å². The van der Waals surface area contributed by atoms with E-state index in [4.69, 9.17) is 15.1 Å². The van der Waals surface area contributed by atoms with E-state index in [1.807, 2.05) is 0 Å². The molecule has 34 heavy (non-hydrogen) atoms. The minimum Gasteiger partial charge on any atom is -0.496 e. The van der Waals surface area contributed by atoms with Crippen LogP contribution in [0.5, 0.6) is 5.75 Å². The number of methoxy groups -OCH3 is 1. The van der Waals surface area contributed by atoms with Crippen molar-refractivity contribution in [1.82, 2.24) is 10.3 Å². The van der Waals surface area contributed by atoms with Gasteiger partial charge in [0, 0.05) is 17.8 Å². The van der Waals surface area contributed by atoms with E-state index in [1.54, 1.807) is 6.07 Å². The zero-order chi connectivity index (χ0) is 24.0. The molecule has 3 aromatic carbocycles. The van der Waals surface area contributed by atoms with Gasteiger partial charge in [-0.05, 0) is 71.0 Å². The van der Waals surface area contributed by atoms with Crippen LogP contribution in [0.3, 0.4) is 0 Å². The first-order chi connectivity index (χ1) is 16.4. The standard InChI is InChI=1S/C23H18FN5O5/c1-33-20-11-14(25)5-6-15(20)23(30)28(17-7-4-13(24)10-16(17)12-2-3-12)18-8-9-19(29(31)32)22-21(18)26-34-27-22/h4-12H,2-3,25H2,1H3. The number of halogens is 1. The van der Waals surface area contributed by atoms with Gasteiger partial charge in [0.15, 0.2) is 5.52 Å². The second-order valence-corrected chi connectivity index (χ2v) is 7.90. The molecule has 0 unspecified atom stereocenters. The van der Waals surface area contributed by atoms with Crippen LogP contribution in [0.2, 0.25) is 0 Å². The Labute approximate surface area is 191 Å². The van der Waals surface area contributed by atoms with Gasteiger partial charge < -0.3 is 10.5 Å². The van der Waals surface area contributed by atoms with Crippen molar-refractivity contribution in [3.63, 3.8) is 0 Å². The third-order valence-electron chi connectivity index (χ3n) is 5.72. The summed E-state index contributed by atoms with van der Waals surface area (Å²) in [4.78, 5) is 26.2. The number of nitro benzene ring substituents is 1. The summed E-state index contributed by atoms with van der Waals surface area (Å²) in [6, 6.07) is 11.4. The number of fused-ring (bicyclic) bond motifs is 1. The Kier molecular flexibility index (Phi) is 5.08. The predicted molar refractivity (Wildman–Crippen MR) is 121 cm³/mol. The Morgan fingerprint density at radius 2 is 1.88 bits per heavy atom. The first kappa shape index (κ1) is 21.3. The normalized spacial score (nSPS) is 13.1. The van der Waals surface area contributed by atoms with Crippen molar-refractivity contribution in [1.29, 1.82) is 0 Å². The number of nitrogens with zero attached hydrogens (tertiary/aromatic N) is 4. The third kappa shape index (κ3) is 3.56. The molecule has 1 saturated carbocycles. The molecule has 4 aromatic rings. The van der Waals surface area contributed by atoms with Gasteiger partial charge in [0.25, 0.3) is 5.91 Å². The number of hydrogen-bond acceptors (Lipinski definition) is 8. The molecule has 0 spiro atoms. The summed E-state index contributed by atoms with van der Waals surface area (Å²) in [5.74, 6) is -0.636. The zero-order valence-electron chi connectivity index (χ0n) is 17.9. The number of non-ortho nitro benzene ring substituents is 1. The highest BCUT2D eigenvalue weighted by molar-refractivity contribution is 6.16. The largest absolute Gasteiger partial charge is 0.496 e. The number of nitrogens with two attached hydrogens (primary N) is 1. The number of carbonyl (C=O) groups is 1. The maximum Gasteiger partial charge on any atom is 0.300 e. The number of nitro groups is 1. The summed E-state index contributed by atoms with van der Waals surface area (Å²) in [5, 5.41) is 19.0. The van der Waals surface area contributed by atoms with Gasteiger partial charge in [-0.25, -0.2) is 9.02 Å². The monoisotopic (exact) mass is 463 g/mol. The number of hydrogen-bond donors (Lipinski definition) is 1. The van der Waals surface area contributed by atoms with Crippen LogP contribution in [-0.4, -0.2) is 28.3 Å². The van der Waals surface area contributed by atoms with E-state index in [9.17, 15) is 19.3 Å². The lowest BCUT2D eigenvalue weighted by molar-refractivity contribution is -0.383. The van der Waals surface area contributed by atoms with Crippen LogP contribution in [0.1, 0.15) is 34.7 Å². The maximum atomic E-state index is 14.2. The molecule has 1 aliphatic rings. The van der Waals surface area contributed by atoms with Crippen LogP contribution in [0.25, 0.3) is 11.0 Å². The highest BCUT2D eigenvalue weighted by Gasteiger charge is 2.34. The summed E-state index contributed by atoms with van der Waals surface area (Å²) in [6.07, 6.45) is 1.70. The highest BCUT2D eigenvalue weighted by atomic mass is 19.1. The number of anilines is 3. The van der Waals surface area contributed by atoms with E-state index in [0.29, 0.717) is 16.9 Å². The van der Waals surface area contributed by atoms with E-state index in [0.717, 1.165) is 12.8 Å². The number of amides is 1. The molecule has 2 N–H and O–H groups in total. The minimum absolute atomic E-state index is 0.0167. The second-order valence-electron chi connectivity index (χ2n) is 7.90. The summed E-state index contributed by atoms with van der Waals surface area (Å²) >= 11 is 0. The molecule has 1 aromatic heterocycles. The van der Waals surface area contributed by atoms with Crippen molar-refractivity contribution < 1.29 is 23.5 Å². The van der Waals surface area contributed by atoms with Gasteiger partial charge in [-0.15, -0.1) is 0 Å². The average Bonchev–Trinajstić information content (AvgIpc) is 3.55. The summed E-state index contributed by atoms with van der Waals surface area (Å²) in [6.45, 7) is 0. The van der Waals surface area contributed by atoms with Gasteiger partial charge >= 0.3 is 5.69 Å². The lowest BCUT2D eigenvalue weighted by Crippen LogP contribution is -2.28. The molecule has 0 saturated heterocycles. The molecule has 0 aliphatic heterocycles. The van der Waals surface area contributed by atoms with Crippen molar-refractivity contribution in [3.05, 3.63) is 75.6 Å². The number of aromatic nitrogens is 2. The zero-order valence-corrected chi connectivity index (χ0v) is 17.9. The molecule has 1 heterocycles.